The number of rotatable bonds is 10. The van der Waals surface area contributed by atoms with Crippen molar-refractivity contribution in [2.45, 2.75) is 90.9 Å². The van der Waals surface area contributed by atoms with Crippen molar-refractivity contribution in [3.63, 3.8) is 0 Å². The Morgan fingerprint density at radius 3 is 1.76 bits per heavy atom. The van der Waals surface area contributed by atoms with Crippen LogP contribution in [0.15, 0.2) is 182 Å². The summed E-state index contributed by atoms with van der Waals surface area (Å²) in [5, 5.41) is 2.26. The Hall–Kier alpha value is -6.68. The summed E-state index contributed by atoms with van der Waals surface area (Å²) in [5.41, 5.74) is 12.6. The van der Waals surface area contributed by atoms with Gasteiger partial charge >= 0.3 is 0 Å². The van der Waals surface area contributed by atoms with Crippen LogP contribution in [0.3, 0.4) is 0 Å². The van der Waals surface area contributed by atoms with Gasteiger partial charge in [-0.15, -0.1) is 53.8 Å². The Kier molecular flexibility index (Phi) is 12.8. The molecule has 10 rings (SSSR count). The van der Waals surface area contributed by atoms with Crippen molar-refractivity contribution in [3.05, 3.63) is 235 Å². The molecule has 5 nitrogen and oxygen atoms in total. The molecule has 0 bridgehead atoms. The topological polar surface area (TPSA) is 33.5 Å². The molecule has 3 heterocycles. The van der Waals surface area contributed by atoms with E-state index in [2.05, 4.69) is 279 Å². The van der Waals surface area contributed by atoms with Crippen LogP contribution < -0.4 is 14.5 Å². The van der Waals surface area contributed by atoms with Crippen molar-refractivity contribution in [1.29, 1.82) is 0 Å². The van der Waals surface area contributed by atoms with Crippen LogP contribution in [0.1, 0.15) is 103 Å². The molecule has 9 aromatic rings. The van der Waals surface area contributed by atoms with Gasteiger partial charge in [0.05, 0.1) is 0 Å². The van der Waals surface area contributed by atoms with E-state index in [1.165, 1.54) is 33.4 Å². The first kappa shape index (κ1) is 48.3. The standard InChI is InChI=1S/C64H61N4O.Pt/c1-61(2,3)49-34-45(44-22-14-11-15-23-44)35-51(36-49)66-32-33-67(43-66)52-37-50(62(4,5)6)38-53(40-52)69-54-41-56(64(9,10)47-26-18-13-19-27-47)60-55-28-20-21-29-57(55)68(58(60)42-54)59-39-48(30-31-65-59)63(7,8)46-24-16-12-17-25-46;/h11-39,41,43H,1-10H3;/q-3;. The molecule has 6 heteroatoms. The predicted octanol–water partition coefficient (Wildman–Crippen LogP) is 16.4. The quantitative estimate of drug-likeness (QED) is 0.128. The van der Waals surface area contributed by atoms with Crippen molar-refractivity contribution >= 4 is 33.2 Å². The first-order valence-electron chi connectivity index (χ1n) is 24.1. The predicted molar refractivity (Wildman–Crippen MR) is 288 cm³/mol. The second-order valence-electron chi connectivity index (χ2n) is 21.6. The van der Waals surface area contributed by atoms with Crippen molar-refractivity contribution in [2.24, 2.45) is 0 Å². The molecule has 1 aliphatic heterocycles. The number of hydrogen-bond donors (Lipinski definition) is 0. The molecule has 0 aliphatic carbocycles. The van der Waals surface area contributed by atoms with Crippen LogP contribution in [0, 0.1) is 18.8 Å². The maximum atomic E-state index is 7.12. The second-order valence-corrected chi connectivity index (χ2v) is 21.6. The van der Waals surface area contributed by atoms with Crippen molar-refractivity contribution in [2.75, 3.05) is 9.80 Å². The molecule has 0 saturated carbocycles. The van der Waals surface area contributed by atoms with Gasteiger partial charge in [-0.3, -0.25) is 0 Å². The summed E-state index contributed by atoms with van der Waals surface area (Å²) in [6, 6.07) is 66.1. The third-order valence-electron chi connectivity index (χ3n) is 14.0. The zero-order valence-electron chi connectivity index (χ0n) is 41.9. The van der Waals surface area contributed by atoms with Crippen molar-refractivity contribution in [3.8, 4) is 28.4 Å². The summed E-state index contributed by atoms with van der Waals surface area (Å²) in [4.78, 5) is 9.42. The molecule has 0 fully saturated rings. The number of pyridine rings is 1. The van der Waals surface area contributed by atoms with Crippen LogP contribution in [0.25, 0.3) is 38.8 Å². The van der Waals surface area contributed by atoms with Gasteiger partial charge in [0.2, 0.25) is 0 Å². The maximum absolute atomic E-state index is 7.12. The number of hydrogen-bond acceptors (Lipinski definition) is 4. The van der Waals surface area contributed by atoms with E-state index in [0.717, 1.165) is 50.1 Å². The molecule has 0 atom stereocenters. The molecule has 0 radical (unpaired) electrons. The minimum atomic E-state index is -0.419. The Labute approximate surface area is 429 Å². The zero-order valence-corrected chi connectivity index (χ0v) is 44.2. The van der Waals surface area contributed by atoms with E-state index < -0.39 is 5.41 Å². The molecule has 356 valence electrons. The van der Waals surface area contributed by atoms with E-state index in [9.17, 15) is 0 Å². The molecule has 0 N–H and O–H groups in total. The van der Waals surface area contributed by atoms with Crippen LogP contribution >= 0.6 is 0 Å². The average Bonchev–Trinajstić information content (AvgIpc) is 3.98. The summed E-state index contributed by atoms with van der Waals surface area (Å²) in [5.74, 6) is 2.05. The maximum Gasteiger partial charge on any atom is 0.135 e. The van der Waals surface area contributed by atoms with Gasteiger partial charge in [0.25, 0.3) is 0 Å². The number of benzene rings is 7. The van der Waals surface area contributed by atoms with Gasteiger partial charge in [-0.25, -0.2) is 4.98 Å². The van der Waals surface area contributed by atoms with Gasteiger partial charge in [-0.1, -0.05) is 195 Å². The first-order valence-corrected chi connectivity index (χ1v) is 24.1. The van der Waals surface area contributed by atoms with Gasteiger partial charge in [0, 0.05) is 55.4 Å². The molecule has 0 spiro atoms. The zero-order chi connectivity index (χ0) is 48.3. The van der Waals surface area contributed by atoms with Gasteiger partial charge in [0.15, 0.2) is 0 Å². The van der Waals surface area contributed by atoms with Crippen LogP contribution in [-0.4, -0.2) is 9.55 Å². The summed E-state index contributed by atoms with van der Waals surface area (Å²) in [6.45, 7) is 24.8. The Bertz CT molecular complexity index is 3360. The minimum Gasteiger partial charge on any atom is -0.509 e. The van der Waals surface area contributed by atoms with Gasteiger partial charge < -0.3 is 19.1 Å². The van der Waals surface area contributed by atoms with E-state index in [0.29, 0.717) is 11.5 Å². The fourth-order valence-corrected chi connectivity index (χ4v) is 9.65. The van der Waals surface area contributed by atoms with E-state index in [-0.39, 0.29) is 37.3 Å². The number of ether oxygens (including phenoxy) is 1. The Balaban J connectivity index is 0.00000608. The third-order valence-corrected chi connectivity index (χ3v) is 14.0. The van der Waals surface area contributed by atoms with Crippen molar-refractivity contribution < 1.29 is 25.8 Å². The third kappa shape index (κ3) is 9.25. The molecule has 0 amide bonds. The molecular formula is C64H61N4OPt-3. The second kappa shape index (κ2) is 18.6. The van der Waals surface area contributed by atoms with Crippen LogP contribution in [0.2, 0.25) is 0 Å². The van der Waals surface area contributed by atoms with Gasteiger partial charge in [0.1, 0.15) is 5.82 Å². The number of aromatic nitrogens is 2. The van der Waals surface area contributed by atoms with Gasteiger partial charge in [-0.05, 0) is 97.7 Å². The number of para-hydroxylation sites is 1. The molecular weight excluding hydrogens is 1040 g/mol. The normalized spacial score (nSPS) is 13.3. The molecule has 1 aliphatic rings. The summed E-state index contributed by atoms with van der Waals surface area (Å²) < 4.78 is 9.39. The van der Waals surface area contributed by atoms with Crippen LogP contribution in [0.4, 0.5) is 11.4 Å². The summed E-state index contributed by atoms with van der Waals surface area (Å²) >= 11 is 0. The summed E-state index contributed by atoms with van der Waals surface area (Å²) in [7, 11) is 0. The largest absolute Gasteiger partial charge is 0.509 e. The molecule has 7 aromatic carbocycles. The average molecular weight is 1100 g/mol. The number of anilines is 2. The minimum absolute atomic E-state index is 0. The van der Waals surface area contributed by atoms with E-state index >= 15 is 0 Å². The van der Waals surface area contributed by atoms with E-state index in [1.807, 2.05) is 6.20 Å². The first-order chi connectivity index (χ1) is 32.9. The Morgan fingerprint density at radius 1 is 0.500 bits per heavy atom. The van der Waals surface area contributed by atoms with E-state index in [1.54, 1.807) is 0 Å². The molecule has 0 unspecified atom stereocenters. The molecule has 0 saturated heterocycles. The fraction of sp³-hybridized carbons (Fsp3) is 0.219. The monoisotopic (exact) mass is 1100 g/mol. The van der Waals surface area contributed by atoms with E-state index in [4.69, 9.17) is 9.72 Å². The molecule has 70 heavy (non-hydrogen) atoms. The Morgan fingerprint density at radius 2 is 1.09 bits per heavy atom. The molecule has 2 aromatic heterocycles. The van der Waals surface area contributed by atoms with Crippen LogP contribution in [0.5, 0.6) is 11.5 Å². The smallest absolute Gasteiger partial charge is 0.135 e. The van der Waals surface area contributed by atoms with Crippen molar-refractivity contribution in [1.82, 2.24) is 9.55 Å². The fourth-order valence-electron chi connectivity index (χ4n) is 9.65. The van der Waals surface area contributed by atoms with Gasteiger partial charge in [-0.2, -0.15) is 0 Å². The van der Waals surface area contributed by atoms with Crippen LogP contribution in [-0.2, 0) is 42.7 Å². The SMILES string of the molecule is CC(C)(C)c1cc(Oc2[c-]c3c(c(C(C)(C)c4ccccc4)c2)c2ccccc2n3-c2cc(C(C)(C)c3ccccc3)ccn2)[c-]c(N2C=CN(c3cc(-c4ccccc4)cc(C(C)(C)C)c3)[CH-]2)c1.[Pt]. The number of nitrogens with zero attached hydrogens (tertiary/aromatic N) is 4. The summed E-state index contributed by atoms with van der Waals surface area (Å²) in [6.07, 6.45) is 6.16. The number of fused-ring (bicyclic) bond motifs is 3.